The average Bonchev–Trinajstić information content (AvgIpc) is 3.16. The number of likely N-dealkylation sites (N-methyl/N-ethyl adjacent to an activating group) is 1. The minimum Gasteiger partial charge on any atom is -0.365 e. The van der Waals surface area contributed by atoms with Crippen LogP contribution in [-0.4, -0.2) is 64.9 Å². The number of nitrogens with one attached hydrogen (secondary N) is 1. The molecule has 1 aromatic carbocycles. The molecule has 0 bridgehead atoms. The van der Waals surface area contributed by atoms with Gasteiger partial charge in [0, 0.05) is 63.5 Å². The number of carbonyl (C=O) groups is 1. The summed E-state index contributed by atoms with van der Waals surface area (Å²) in [7, 11) is 1.74. The van der Waals surface area contributed by atoms with Gasteiger partial charge in [-0.05, 0) is 25.1 Å². The Morgan fingerprint density at radius 2 is 1.97 bits per heavy atom. The number of nitrogens with zero attached hydrogens (tertiary/aromatic N) is 4. The molecule has 0 spiro atoms. The smallest absolute Gasteiger partial charge is 0.247 e. The molecule has 0 unspecified atom stereocenters. The fourth-order valence-corrected chi connectivity index (χ4v) is 4.57. The van der Waals surface area contributed by atoms with Gasteiger partial charge in [-0.15, -0.1) is 0 Å². The molecule has 3 aliphatic rings. The normalized spacial score (nSPS) is 22.3. The molecule has 0 radical (unpaired) electrons. The molecule has 0 saturated carbocycles. The average molecular weight is 413 g/mol. The summed E-state index contributed by atoms with van der Waals surface area (Å²) < 4.78 is 31.5. The van der Waals surface area contributed by atoms with Gasteiger partial charge in [-0.1, -0.05) is 6.08 Å². The third-order valence-corrected chi connectivity index (χ3v) is 6.37. The number of amides is 1. The first-order valence-corrected chi connectivity index (χ1v) is 10.3. The Kier molecular flexibility index (Phi) is 4.54. The van der Waals surface area contributed by atoms with E-state index in [-0.39, 0.29) is 29.4 Å². The highest BCUT2D eigenvalue weighted by Crippen LogP contribution is 2.36. The first-order valence-electron chi connectivity index (χ1n) is 10.3. The van der Waals surface area contributed by atoms with Gasteiger partial charge in [0.2, 0.25) is 11.9 Å². The summed E-state index contributed by atoms with van der Waals surface area (Å²) in [5.74, 6) is -0.766. The van der Waals surface area contributed by atoms with Crippen molar-refractivity contribution in [1.29, 1.82) is 0 Å². The lowest BCUT2D eigenvalue weighted by Crippen LogP contribution is -2.46. The number of piperazine rings is 1. The fraction of sp³-hybridized carbons (Fsp3) is 0.409. The molecular weight excluding hydrogens is 388 g/mol. The molecule has 1 saturated heterocycles. The maximum Gasteiger partial charge on any atom is 0.247 e. The predicted octanol–water partition coefficient (Wildman–Crippen LogP) is 3.05. The van der Waals surface area contributed by atoms with Crippen LogP contribution in [0.15, 0.2) is 42.1 Å². The number of benzene rings is 1. The van der Waals surface area contributed by atoms with E-state index in [0.29, 0.717) is 50.5 Å². The molecule has 4 heterocycles. The van der Waals surface area contributed by atoms with E-state index in [1.807, 2.05) is 39.9 Å². The zero-order valence-corrected chi connectivity index (χ0v) is 17.2. The van der Waals surface area contributed by atoms with E-state index in [2.05, 4.69) is 10.2 Å². The number of carbonyl (C=O) groups excluding carboxylic acids is 1. The van der Waals surface area contributed by atoms with Gasteiger partial charge in [-0.25, -0.2) is 4.39 Å². The standard InChI is InChI=1S/C22H25F2N5O/c1-14-22(30)25-19-18(23)16(12-15-5-7-29(14)20(15)19)13-27-8-10-28(11-9-27)17-4-3-6-26(2)21(17)24/h3-5,7,12,14H,6,8-11,13H2,1-2H3,(H,25,30)/t14-/m0/s1. The van der Waals surface area contributed by atoms with Gasteiger partial charge in [0.15, 0.2) is 5.82 Å². The summed E-state index contributed by atoms with van der Waals surface area (Å²) in [5.41, 5.74) is 2.21. The van der Waals surface area contributed by atoms with E-state index in [0.717, 1.165) is 10.9 Å². The molecule has 1 atom stereocenters. The van der Waals surface area contributed by atoms with Crippen molar-refractivity contribution in [3.63, 3.8) is 0 Å². The van der Waals surface area contributed by atoms with Gasteiger partial charge in [0.05, 0.1) is 11.2 Å². The van der Waals surface area contributed by atoms with E-state index in [1.165, 1.54) is 0 Å². The molecule has 0 aliphatic carbocycles. The number of hydrogen-bond donors (Lipinski definition) is 1. The second-order valence-electron chi connectivity index (χ2n) is 8.27. The molecule has 1 amide bonds. The molecule has 1 aromatic heterocycles. The zero-order valence-electron chi connectivity index (χ0n) is 17.2. The Labute approximate surface area is 174 Å². The Balaban J connectivity index is 1.34. The van der Waals surface area contributed by atoms with Gasteiger partial charge < -0.3 is 19.7 Å². The lowest BCUT2D eigenvalue weighted by molar-refractivity contribution is -0.118. The zero-order chi connectivity index (χ0) is 21.0. The SMILES string of the molecule is C[C@H]1C(=O)Nc2c(F)c(CN3CCN(C4=C(F)N(C)CC=C4)CC3)cc3ccn1c23. The highest BCUT2D eigenvalue weighted by atomic mass is 19.1. The van der Waals surface area contributed by atoms with Crippen LogP contribution >= 0.6 is 0 Å². The molecule has 6 nitrogen and oxygen atoms in total. The Morgan fingerprint density at radius 3 is 2.73 bits per heavy atom. The minimum atomic E-state index is -0.365. The highest BCUT2D eigenvalue weighted by Gasteiger charge is 2.29. The largest absolute Gasteiger partial charge is 0.365 e. The van der Waals surface area contributed by atoms with Gasteiger partial charge in [-0.2, -0.15) is 4.39 Å². The van der Waals surface area contributed by atoms with Crippen molar-refractivity contribution in [2.24, 2.45) is 0 Å². The van der Waals surface area contributed by atoms with E-state index in [4.69, 9.17) is 0 Å². The number of hydrogen-bond acceptors (Lipinski definition) is 4. The third kappa shape index (κ3) is 2.98. The summed E-state index contributed by atoms with van der Waals surface area (Å²) >= 11 is 0. The van der Waals surface area contributed by atoms with E-state index in [1.54, 1.807) is 18.9 Å². The molecule has 8 heteroatoms. The van der Waals surface area contributed by atoms with Crippen LogP contribution in [0.5, 0.6) is 0 Å². The molecule has 2 aromatic rings. The lowest BCUT2D eigenvalue weighted by Gasteiger charge is -2.38. The van der Waals surface area contributed by atoms with Gasteiger partial charge in [-0.3, -0.25) is 9.69 Å². The van der Waals surface area contributed by atoms with Crippen LogP contribution in [0, 0.1) is 5.82 Å². The van der Waals surface area contributed by atoms with Crippen molar-refractivity contribution >= 4 is 22.5 Å². The van der Waals surface area contributed by atoms with Crippen LogP contribution < -0.4 is 5.32 Å². The maximum atomic E-state index is 15.3. The van der Waals surface area contributed by atoms with E-state index >= 15 is 4.39 Å². The van der Waals surface area contributed by atoms with Crippen LogP contribution in [0.25, 0.3) is 10.9 Å². The predicted molar refractivity (Wildman–Crippen MR) is 112 cm³/mol. The lowest BCUT2D eigenvalue weighted by atomic mass is 10.1. The van der Waals surface area contributed by atoms with Crippen molar-refractivity contribution in [1.82, 2.24) is 19.3 Å². The van der Waals surface area contributed by atoms with Crippen LogP contribution in [0.4, 0.5) is 14.5 Å². The van der Waals surface area contributed by atoms with Crippen LogP contribution in [0.3, 0.4) is 0 Å². The Bertz CT molecular complexity index is 1080. The molecule has 5 rings (SSSR count). The molecule has 158 valence electrons. The molecule has 3 aliphatic heterocycles. The van der Waals surface area contributed by atoms with E-state index < -0.39 is 0 Å². The second-order valence-corrected chi connectivity index (χ2v) is 8.27. The maximum absolute atomic E-state index is 15.3. The topological polar surface area (TPSA) is 43.8 Å². The summed E-state index contributed by atoms with van der Waals surface area (Å²) in [6.45, 7) is 5.63. The third-order valence-electron chi connectivity index (χ3n) is 6.37. The van der Waals surface area contributed by atoms with Gasteiger partial charge in [0.25, 0.3) is 0 Å². The number of rotatable bonds is 3. The quantitative estimate of drug-likeness (QED) is 0.786. The Morgan fingerprint density at radius 1 is 1.20 bits per heavy atom. The summed E-state index contributed by atoms with van der Waals surface area (Å²) in [4.78, 5) is 18.0. The van der Waals surface area contributed by atoms with Crippen LogP contribution in [0.1, 0.15) is 18.5 Å². The monoisotopic (exact) mass is 413 g/mol. The van der Waals surface area contributed by atoms with Crippen LogP contribution in [0.2, 0.25) is 0 Å². The first kappa shape index (κ1) is 19.1. The van der Waals surface area contributed by atoms with Crippen molar-refractivity contribution in [2.45, 2.75) is 19.5 Å². The first-order chi connectivity index (χ1) is 14.4. The molecular formula is C22H25F2N5O. The fourth-order valence-electron chi connectivity index (χ4n) is 4.57. The van der Waals surface area contributed by atoms with Crippen molar-refractivity contribution in [3.8, 4) is 0 Å². The molecule has 30 heavy (non-hydrogen) atoms. The number of anilines is 1. The van der Waals surface area contributed by atoms with Crippen molar-refractivity contribution in [3.05, 3.63) is 53.5 Å². The van der Waals surface area contributed by atoms with Crippen molar-refractivity contribution < 1.29 is 13.6 Å². The van der Waals surface area contributed by atoms with Gasteiger partial charge in [0.1, 0.15) is 11.7 Å². The summed E-state index contributed by atoms with van der Waals surface area (Å²) in [6, 6.07) is 3.45. The Hall–Kier alpha value is -2.87. The number of allylic oxidation sites excluding steroid dienone is 1. The minimum absolute atomic E-state index is 0.198. The number of aromatic nitrogens is 1. The summed E-state index contributed by atoms with van der Waals surface area (Å²) in [5, 5.41) is 3.67. The number of halogens is 2. The van der Waals surface area contributed by atoms with E-state index in [9.17, 15) is 9.18 Å². The van der Waals surface area contributed by atoms with Crippen molar-refractivity contribution in [2.75, 3.05) is 45.1 Å². The highest BCUT2D eigenvalue weighted by molar-refractivity contribution is 6.06. The van der Waals surface area contributed by atoms with Crippen LogP contribution in [-0.2, 0) is 11.3 Å². The second kappa shape index (κ2) is 7.12. The summed E-state index contributed by atoms with van der Waals surface area (Å²) in [6.07, 6.45) is 5.65. The molecule has 1 N–H and O–H groups in total. The molecule has 1 fully saturated rings. The van der Waals surface area contributed by atoms with Gasteiger partial charge >= 0.3 is 0 Å².